The van der Waals surface area contributed by atoms with Crippen molar-refractivity contribution in [1.82, 2.24) is 4.90 Å². The van der Waals surface area contributed by atoms with E-state index in [0.29, 0.717) is 28.9 Å². The number of nitrogens with zero attached hydrogens (tertiary/aromatic N) is 2. The molecule has 0 saturated carbocycles. The fourth-order valence-corrected chi connectivity index (χ4v) is 4.25. The van der Waals surface area contributed by atoms with E-state index in [1.54, 1.807) is 30.2 Å². The highest BCUT2D eigenvalue weighted by Gasteiger charge is 2.38. The number of hydrogen-bond donors (Lipinski definition) is 1. The van der Waals surface area contributed by atoms with Crippen LogP contribution in [0, 0.1) is 0 Å². The number of rotatable bonds is 8. The minimum Gasteiger partial charge on any atom is -0.493 e. The van der Waals surface area contributed by atoms with E-state index in [2.05, 4.69) is 10.3 Å². The number of amides is 2. The van der Waals surface area contributed by atoms with E-state index in [1.807, 2.05) is 37.3 Å². The lowest BCUT2D eigenvalue weighted by Crippen LogP contribution is -2.34. The van der Waals surface area contributed by atoms with Crippen LogP contribution in [0.3, 0.4) is 0 Å². The molecule has 1 aliphatic rings. The molecule has 2 aromatic carbocycles. The van der Waals surface area contributed by atoms with E-state index in [4.69, 9.17) is 9.47 Å². The van der Waals surface area contributed by atoms with E-state index in [-0.39, 0.29) is 18.2 Å². The molecule has 0 aliphatic carbocycles. The Bertz CT molecular complexity index is 933. The summed E-state index contributed by atoms with van der Waals surface area (Å²) in [6.07, 6.45) is 0.872. The van der Waals surface area contributed by atoms with Crippen molar-refractivity contribution in [2.24, 2.45) is 4.99 Å². The molecule has 8 heteroatoms. The Hall–Kier alpha value is -3.00. The van der Waals surface area contributed by atoms with Crippen LogP contribution in [-0.2, 0) is 9.59 Å². The number of anilines is 1. The molecule has 2 amide bonds. The maximum Gasteiger partial charge on any atom is 0.242 e. The minimum atomic E-state index is -0.501. The first kappa shape index (κ1) is 21.7. The van der Waals surface area contributed by atoms with Crippen LogP contribution in [-0.4, -0.2) is 47.9 Å². The number of carbonyl (C=O) groups is 2. The molecule has 3 rings (SSSR count). The molecule has 1 aliphatic heterocycles. The monoisotopic (exact) mass is 427 g/mol. The Balaban J connectivity index is 1.70. The Morgan fingerprint density at radius 1 is 1.13 bits per heavy atom. The molecule has 1 atom stereocenters. The van der Waals surface area contributed by atoms with Crippen LogP contribution in [0.1, 0.15) is 19.8 Å². The van der Waals surface area contributed by atoms with Crippen molar-refractivity contribution < 1.29 is 19.1 Å². The summed E-state index contributed by atoms with van der Waals surface area (Å²) in [5, 5.41) is 2.96. The van der Waals surface area contributed by atoms with Crippen LogP contribution < -0.4 is 14.8 Å². The average molecular weight is 428 g/mol. The zero-order valence-corrected chi connectivity index (χ0v) is 18.1. The number of methoxy groups -OCH3 is 2. The Kier molecular flexibility index (Phi) is 7.35. The molecular weight excluding hydrogens is 402 g/mol. The van der Waals surface area contributed by atoms with Gasteiger partial charge in [-0.15, -0.1) is 0 Å². The minimum absolute atomic E-state index is 0.0614. The van der Waals surface area contributed by atoms with Gasteiger partial charge in [0.2, 0.25) is 11.8 Å². The first-order valence-electron chi connectivity index (χ1n) is 9.69. The predicted molar refractivity (Wildman–Crippen MR) is 120 cm³/mol. The van der Waals surface area contributed by atoms with Gasteiger partial charge in [0.1, 0.15) is 5.25 Å². The molecular formula is C22H25N3O4S. The number of amidine groups is 1. The number of thioether (sulfide) groups is 1. The molecule has 1 saturated heterocycles. The third-order valence-corrected chi connectivity index (χ3v) is 5.66. The van der Waals surface area contributed by atoms with Gasteiger partial charge in [0, 0.05) is 24.7 Å². The fraction of sp³-hybridized carbons (Fsp3) is 0.318. The summed E-state index contributed by atoms with van der Waals surface area (Å²) >= 11 is 1.34. The number of aliphatic imine (C=N–C) groups is 1. The molecule has 7 nitrogen and oxygen atoms in total. The molecule has 2 aromatic rings. The predicted octanol–water partition coefficient (Wildman–Crippen LogP) is 4.07. The average Bonchev–Trinajstić information content (AvgIpc) is 3.03. The highest BCUT2D eigenvalue weighted by atomic mass is 32.2. The molecule has 1 heterocycles. The summed E-state index contributed by atoms with van der Waals surface area (Å²) in [6.45, 7) is 2.58. The summed E-state index contributed by atoms with van der Waals surface area (Å²) in [5.41, 5.74) is 1.36. The van der Waals surface area contributed by atoms with Gasteiger partial charge >= 0.3 is 0 Å². The number of para-hydroxylation sites is 1. The number of hydrogen-bond acceptors (Lipinski definition) is 6. The molecule has 1 unspecified atom stereocenters. The first-order chi connectivity index (χ1) is 14.5. The van der Waals surface area contributed by atoms with E-state index < -0.39 is 5.25 Å². The number of benzene rings is 2. The zero-order valence-electron chi connectivity index (χ0n) is 17.3. The van der Waals surface area contributed by atoms with Crippen molar-refractivity contribution in [2.45, 2.75) is 25.0 Å². The van der Waals surface area contributed by atoms with Gasteiger partial charge in [0.15, 0.2) is 16.7 Å². The third kappa shape index (κ3) is 5.13. The maximum absolute atomic E-state index is 12.9. The van der Waals surface area contributed by atoms with Crippen molar-refractivity contribution in [3.05, 3.63) is 48.5 Å². The van der Waals surface area contributed by atoms with Crippen LogP contribution in [0.2, 0.25) is 0 Å². The summed E-state index contributed by atoms with van der Waals surface area (Å²) < 4.78 is 10.5. The normalized spacial score (nSPS) is 17.3. The van der Waals surface area contributed by atoms with Crippen molar-refractivity contribution >= 4 is 40.1 Å². The van der Waals surface area contributed by atoms with Gasteiger partial charge in [-0.2, -0.15) is 0 Å². The first-order valence-corrected chi connectivity index (χ1v) is 10.6. The lowest BCUT2D eigenvalue weighted by molar-refractivity contribution is -0.128. The highest BCUT2D eigenvalue weighted by molar-refractivity contribution is 8.15. The topological polar surface area (TPSA) is 80.2 Å². The second-order valence-corrected chi connectivity index (χ2v) is 7.82. The van der Waals surface area contributed by atoms with Gasteiger partial charge in [-0.3, -0.25) is 14.5 Å². The van der Waals surface area contributed by atoms with Gasteiger partial charge < -0.3 is 14.8 Å². The van der Waals surface area contributed by atoms with Gasteiger partial charge in [0.25, 0.3) is 0 Å². The summed E-state index contributed by atoms with van der Waals surface area (Å²) in [6, 6.07) is 14.6. The van der Waals surface area contributed by atoms with Crippen molar-refractivity contribution in [1.29, 1.82) is 0 Å². The van der Waals surface area contributed by atoms with E-state index in [0.717, 1.165) is 12.1 Å². The SMILES string of the molecule is CCCN1C(=O)C(CC(=O)Nc2ccc(OC)c(OC)c2)SC1=Nc1ccccc1. The van der Waals surface area contributed by atoms with Crippen LogP contribution in [0.15, 0.2) is 53.5 Å². The summed E-state index contributed by atoms with van der Waals surface area (Å²) in [7, 11) is 3.09. The number of carbonyl (C=O) groups excluding carboxylic acids is 2. The van der Waals surface area contributed by atoms with Crippen LogP contribution in [0.5, 0.6) is 11.5 Å². The van der Waals surface area contributed by atoms with E-state index in [9.17, 15) is 9.59 Å². The standard InChI is InChI=1S/C22H25N3O4S/c1-4-12-25-21(27)19(30-22(25)24-15-8-6-5-7-9-15)14-20(26)23-16-10-11-17(28-2)18(13-16)29-3/h5-11,13,19H,4,12,14H2,1-3H3,(H,23,26). The zero-order chi connectivity index (χ0) is 21.5. The van der Waals surface area contributed by atoms with Gasteiger partial charge in [-0.25, -0.2) is 4.99 Å². The van der Waals surface area contributed by atoms with Crippen LogP contribution >= 0.6 is 11.8 Å². The Morgan fingerprint density at radius 2 is 1.87 bits per heavy atom. The fourth-order valence-electron chi connectivity index (χ4n) is 3.06. The van der Waals surface area contributed by atoms with Gasteiger partial charge in [0.05, 0.1) is 19.9 Å². The number of ether oxygens (including phenoxy) is 2. The van der Waals surface area contributed by atoms with Gasteiger partial charge in [-0.05, 0) is 30.7 Å². The van der Waals surface area contributed by atoms with E-state index >= 15 is 0 Å². The van der Waals surface area contributed by atoms with Crippen LogP contribution in [0.4, 0.5) is 11.4 Å². The smallest absolute Gasteiger partial charge is 0.242 e. The lowest BCUT2D eigenvalue weighted by Gasteiger charge is -2.15. The molecule has 0 aromatic heterocycles. The molecule has 1 N–H and O–H groups in total. The summed E-state index contributed by atoms with van der Waals surface area (Å²) in [4.78, 5) is 31.8. The van der Waals surface area contributed by atoms with E-state index in [1.165, 1.54) is 18.9 Å². The lowest BCUT2D eigenvalue weighted by atomic mass is 10.2. The molecule has 30 heavy (non-hydrogen) atoms. The second kappa shape index (κ2) is 10.2. The molecule has 0 spiro atoms. The number of nitrogens with one attached hydrogen (secondary N) is 1. The van der Waals surface area contributed by atoms with Crippen molar-refractivity contribution in [3.63, 3.8) is 0 Å². The molecule has 158 valence electrons. The maximum atomic E-state index is 12.9. The summed E-state index contributed by atoms with van der Waals surface area (Å²) in [5.74, 6) is 0.770. The Labute approximate surface area is 180 Å². The largest absolute Gasteiger partial charge is 0.493 e. The highest BCUT2D eigenvalue weighted by Crippen LogP contribution is 2.33. The third-order valence-electron chi connectivity index (χ3n) is 4.49. The second-order valence-electron chi connectivity index (χ2n) is 6.65. The van der Waals surface area contributed by atoms with Crippen molar-refractivity contribution in [2.75, 3.05) is 26.1 Å². The molecule has 0 radical (unpaired) electrons. The molecule has 1 fully saturated rings. The quantitative estimate of drug-likeness (QED) is 0.687. The molecule has 0 bridgehead atoms. The Morgan fingerprint density at radius 3 is 2.53 bits per heavy atom. The van der Waals surface area contributed by atoms with Crippen molar-refractivity contribution in [3.8, 4) is 11.5 Å². The van der Waals surface area contributed by atoms with Crippen LogP contribution in [0.25, 0.3) is 0 Å². The van der Waals surface area contributed by atoms with Gasteiger partial charge in [-0.1, -0.05) is 36.9 Å².